The van der Waals surface area contributed by atoms with E-state index < -0.39 is 0 Å². The Labute approximate surface area is 133 Å². The van der Waals surface area contributed by atoms with Gasteiger partial charge in [-0.3, -0.25) is 4.79 Å². The predicted octanol–water partition coefficient (Wildman–Crippen LogP) is -0.504. The maximum Gasteiger partial charge on any atom is 0.279 e. The first-order chi connectivity index (χ1) is 10.5. The zero-order chi connectivity index (χ0) is 15.7. The number of rotatable bonds is 3. The standard InChI is InChI=1S/C18H27N3O/c1-13-9-14(2)18(15(3)10-13)19-17(22)12-20-7-8-21-6-4-5-16(21)11-20/h9-10,16H,4-8,11-12H2,1-3H3,(H,19,22)/p+2. The van der Waals surface area contributed by atoms with Crippen LogP contribution in [0.2, 0.25) is 0 Å². The summed E-state index contributed by atoms with van der Waals surface area (Å²) in [5, 5.41) is 3.15. The largest absolute Gasteiger partial charge is 0.323 e. The van der Waals surface area contributed by atoms with Gasteiger partial charge in [0.05, 0.1) is 6.54 Å². The second-order valence-corrected chi connectivity index (χ2v) is 7.20. The van der Waals surface area contributed by atoms with E-state index in [9.17, 15) is 4.79 Å². The summed E-state index contributed by atoms with van der Waals surface area (Å²) in [6.07, 6.45) is 2.71. The molecular formula is C18H29N3O+2. The van der Waals surface area contributed by atoms with E-state index in [0.717, 1.165) is 35.9 Å². The number of hydrogen-bond donors (Lipinski definition) is 3. The van der Waals surface area contributed by atoms with Gasteiger partial charge in [0, 0.05) is 18.5 Å². The van der Waals surface area contributed by atoms with E-state index in [4.69, 9.17) is 0 Å². The van der Waals surface area contributed by atoms with Crippen molar-refractivity contribution in [2.75, 3.05) is 38.0 Å². The lowest BCUT2D eigenvalue weighted by Crippen LogP contribution is -3.30. The molecule has 2 aliphatic rings. The summed E-state index contributed by atoms with van der Waals surface area (Å²) in [6.45, 7) is 11.7. The molecule has 0 aromatic heterocycles. The Kier molecular flexibility index (Phi) is 4.50. The third kappa shape index (κ3) is 3.33. The molecule has 4 heteroatoms. The molecule has 3 unspecified atom stereocenters. The molecule has 3 N–H and O–H groups in total. The summed E-state index contributed by atoms with van der Waals surface area (Å²) >= 11 is 0. The average molecular weight is 303 g/mol. The lowest BCUT2D eigenvalue weighted by molar-refractivity contribution is -1.02. The Morgan fingerprint density at radius 3 is 2.64 bits per heavy atom. The maximum absolute atomic E-state index is 12.4. The van der Waals surface area contributed by atoms with Crippen molar-refractivity contribution in [2.24, 2.45) is 0 Å². The van der Waals surface area contributed by atoms with Crippen molar-refractivity contribution in [1.29, 1.82) is 0 Å². The number of benzene rings is 1. The van der Waals surface area contributed by atoms with Gasteiger partial charge in [-0.1, -0.05) is 17.7 Å². The van der Waals surface area contributed by atoms with E-state index >= 15 is 0 Å². The van der Waals surface area contributed by atoms with E-state index in [1.165, 1.54) is 36.4 Å². The maximum atomic E-state index is 12.4. The van der Waals surface area contributed by atoms with E-state index in [0.29, 0.717) is 6.54 Å². The van der Waals surface area contributed by atoms with Crippen LogP contribution in [-0.4, -0.2) is 44.7 Å². The molecule has 0 aliphatic carbocycles. The smallest absolute Gasteiger partial charge is 0.279 e. The molecule has 0 saturated carbocycles. The summed E-state index contributed by atoms with van der Waals surface area (Å²) in [4.78, 5) is 15.7. The monoisotopic (exact) mass is 303 g/mol. The second kappa shape index (κ2) is 6.39. The highest BCUT2D eigenvalue weighted by molar-refractivity contribution is 5.93. The molecule has 2 saturated heterocycles. The van der Waals surface area contributed by atoms with Crippen LogP contribution in [0, 0.1) is 20.8 Å². The lowest BCUT2D eigenvalue weighted by Gasteiger charge is -2.31. The Balaban J connectivity index is 1.59. The fourth-order valence-electron chi connectivity index (χ4n) is 4.30. The van der Waals surface area contributed by atoms with Crippen LogP contribution < -0.4 is 15.1 Å². The molecule has 2 fully saturated rings. The number of amides is 1. The topological polar surface area (TPSA) is 38.0 Å². The normalized spacial score (nSPS) is 27.5. The van der Waals surface area contributed by atoms with Crippen LogP contribution in [0.3, 0.4) is 0 Å². The van der Waals surface area contributed by atoms with Crippen LogP contribution in [0.4, 0.5) is 5.69 Å². The van der Waals surface area contributed by atoms with Crippen molar-refractivity contribution in [3.8, 4) is 0 Å². The minimum absolute atomic E-state index is 0.159. The molecule has 0 spiro atoms. The van der Waals surface area contributed by atoms with E-state index in [1.807, 2.05) is 0 Å². The van der Waals surface area contributed by atoms with Gasteiger partial charge in [-0.2, -0.15) is 0 Å². The number of aryl methyl sites for hydroxylation is 3. The van der Waals surface area contributed by atoms with Crippen molar-refractivity contribution in [1.82, 2.24) is 0 Å². The molecular weight excluding hydrogens is 274 g/mol. The number of carbonyl (C=O) groups is 1. The van der Waals surface area contributed by atoms with Crippen molar-refractivity contribution < 1.29 is 14.6 Å². The van der Waals surface area contributed by atoms with Gasteiger partial charge in [0.2, 0.25) is 0 Å². The van der Waals surface area contributed by atoms with Crippen LogP contribution in [0.1, 0.15) is 29.5 Å². The molecule has 2 heterocycles. The molecule has 3 rings (SSSR count). The van der Waals surface area contributed by atoms with Crippen molar-refractivity contribution in [3.05, 3.63) is 28.8 Å². The predicted molar refractivity (Wildman–Crippen MR) is 88.6 cm³/mol. The Morgan fingerprint density at radius 2 is 1.91 bits per heavy atom. The van der Waals surface area contributed by atoms with Gasteiger partial charge in [-0.05, 0) is 31.9 Å². The number of anilines is 1. The lowest BCUT2D eigenvalue weighted by atomic mass is 10.1. The van der Waals surface area contributed by atoms with E-state index in [1.54, 1.807) is 4.90 Å². The van der Waals surface area contributed by atoms with Gasteiger partial charge in [-0.15, -0.1) is 0 Å². The second-order valence-electron chi connectivity index (χ2n) is 7.20. The zero-order valence-electron chi connectivity index (χ0n) is 14.1. The van der Waals surface area contributed by atoms with Crippen molar-refractivity contribution in [3.63, 3.8) is 0 Å². The first-order valence-corrected chi connectivity index (χ1v) is 8.59. The zero-order valence-corrected chi connectivity index (χ0v) is 14.1. The fraction of sp³-hybridized carbons (Fsp3) is 0.611. The number of nitrogens with one attached hydrogen (secondary N) is 3. The van der Waals surface area contributed by atoms with E-state index in [2.05, 4.69) is 38.2 Å². The van der Waals surface area contributed by atoms with Crippen molar-refractivity contribution in [2.45, 2.75) is 39.7 Å². The summed E-state index contributed by atoms with van der Waals surface area (Å²) in [5.41, 5.74) is 4.57. The summed E-state index contributed by atoms with van der Waals surface area (Å²) in [5.74, 6) is 0.159. The highest BCUT2D eigenvalue weighted by atomic mass is 16.2. The number of quaternary nitrogens is 2. The van der Waals surface area contributed by atoms with Gasteiger partial charge < -0.3 is 15.1 Å². The third-order valence-corrected chi connectivity index (χ3v) is 5.31. The van der Waals surface area contributed by atoms with Crippen LogP contribution in [0.15, 0.2) is 12.1 Å². The number of piperazine rings is 1. The van der Waals surface area contributed by atoms with E-state index in [-0.39, 0.29) is 5.91 Å². The van der Waals surface area contributed by atoms with Crippen LogP contribution in [-0.2, 0) is 4.79 Å². The minimum Gasteiger partial charge on any atom is -0.323 e. The van der Waals surface area contributed by atoms with Crippen LogP contribution >= 0.6 is 0 Å². The quantitative estimate of drug-likeness (QED) is 0.692. The third-order valence-electron chi connectivity index (χ3n) is 5.31. The van der Waals surface area contributed by atoms with Gasteiger partial charge in [0.15, 0.2) is 6.54 Å². The summed E-state index contributed by atoms with van der Waals surface area (Å²) in [7, 11) is 0. The van der Waals surface area contributed by atoms with Crippen LogP contribution in [0.5, 0.6) is 0 Å². The van der Waals surface area contributed by atoms with Gasteiger partial charge >= 0.3 is 0 Å². The molecule has 3 atom stereocenters. The molecule has 1 amide bonds. The summed E-state index contributed by atoms with van der Waals surface area (Å²) < 4.78 is 0. The molecule has 22 heavy (non-hydrogen) atoms. The Morgan fingerprint density at radius 1 is 1.18 bits per heavy atom. The molecule has 120 valence electrons. The first kappa shape index (κ1) is 15.5. The minimum atomic E-state index is 0.159. The fourth-order valence-corrected chi connectivity index (χ4v) is 4.30. The molecule has 4 nitrogen and oxygen atoms in total. The molecule has 0 bridgehead atoms. The number of carbonyl (C=O) groups excluding carboxylic acids is 1. The number of fused-ring (bicyclic) bond motifs is 1. The van der Waals surface area contributed by atoms with Gasteiger partial charge in [0.1, 0.15) is 25.7 Å². The van der Waals surface area contributed by atoms with Gasteiger partial charge in [-0.25, -0.2) is 0 Å². The molecule has 0 radical (unpaired) electrons. The Bertz CT molecular complexity index is 546. The highest BCUT2D eigenvalue weighted by Gasteiger charge is 2.37. The van der Waals surface area contributed by atoms with Crippen LogP contribution in [0.25, 0.3) is 0 Å². The molecule has 1 aromatic carbocycles. The molecule has 2 aliphatic heterocycles. The Hall–Kier alpha value is -1.39. The average Bonchev–Trinajstić information content (AvgIpc) is 2.90. The van der Waals surface area contributed by atoms with Crippen molar-refractivity contribution >= 4 is 11.6 Å². The first-order valence-electron chi connectivity index (χ1n) is 8.59. The molecule has 1 aromatic rings. The van der Waals surface area contributed by atoms with Gasteiger partial charge in [0.25, 0.3) is 5.91 Å². The highest BCUT2D eigenvalue weighted by Crippen LogP contribution is 2.21. The number of hydrogen-bond acceptors (Lipinski definition) is 1. The summed E-state index contributed by atoms with van der Waals surface area (Å²) in [6, 6.07) is 5.06. The SMILES string of the molecule is Cc1cc(C)c(NC(=O)C[NH+]2CC[NH+]3CCCC3C2)c(C)c1.